The number of halogens is 1. The van der Waals surface area contributed by atoms with Gasteiger partial charge < -0.3 is 4.74 Å². The van der Waals surface area contributed by atoms with Crippen molar-refractivity contribution in [2.45, 2.75) is 0 Å². The van der Waals surface area contributed by atoms with Crippen molar-refractivity contribution < 1.29 is 23.9 Å². The number of ketones is 1. The van der Waals surface area contributed by atoms with Crippen molar-refractivity contribution in [3.8, 4) is 0 Å². The molecule has 25 heavy (non-hydrogen) atoms. The Kier molecular flexibility index (Phi) is 4.63. The van der Waals surface area contributed by atoms with Crippen molar-refractivity contribution in [3.05, 3.63) is 70.2 Å². The summed E-state index contributed by atoms with van der Waals surface area (Å²) >= 11 is 5.90. The molecule has 0 spiro atoms. The minimum absolute atomic E-state index is 0.234. The minimum Gasteiger partial charge on any atom is -0.456 e. The Bertz CT molecular complexity index is 858. The van der Waals surface area contributed by atoms with Gasteiger partial charge in [0.05, 0.1) is 16.1 Å². The number of hydrogen-bond acceptors (Lipinski definition) is 5. The fourth-order valence-electron chi connectivity index (χ4n) is 2.47. The maximum absolute atomic E-state index is 12.2. The third-order valence-corrected chi connectivity index (χ3v) is 4.03. The summed E-state index contributed by atoms with van der Waals surface area (Å²) in [5, 5.41) is 0.254. The molecule has 2 amide bonds. The molecule has 0 atom stereocenters. The predicted molar refractivity (Wildman–Crippen MR) is 88.6 cm³/mol. The van der Waals surface area contributed by atoms with E-state index in [1.807, 2.05) is 0 Å². The van der Waals surface area contributed by atoms with Gasteiger partial charge in [0.1, 0.15) is 6.54 Å². The van der Waals surface area contributed by atoms with Crippen molar-refractivity contribution in [2.24, 2.45) is 0 Å². The van der Waals surface area contributed by atoms with Gasteiger partial charge in [-0.05, 0) is 24.3 Å². The molecule has 0 unspecified atom stereocenters. The highest BCUT2D eigenvalue weighted by atomic mass is 35.5. The molecule has 2 aromatic rings. The average molecular weight is 358 g/mol. The van der Waals surface area contributed by atoms with Crippen LogP contribution in [0.15, 0.2) is 48.5 Å². The lowest BCUT2D eigenvalue weighted by molar-refractivity contribution is -0.142. The fraction of sp³-hybridized carbons (Fsp3) is 0.111. The number of nitrogens with zero attached hydrogens (tertiary/aromatic N) is 1. The normalized spacial score (nSPS) is 12.9. The molecule has 0 fully saturated rings. The zero-order chi connectivity index (χ0) is 18.0. The molecule has 0 bridgehead atoms. The van der Waals surface area contributed by atoms with E-state index < -0.39 is 36.7 Å². The summed E-state index contributed by atoms with van der Waals surface area (Å²) < 4.78 is 4.88. The smallest absolute Gasteiger partial charge is 0.326 e. The van der Waals surface area contributed by atoms with Gasteiger partial charge in [0.25, 0.3) is 11.8 Å². The van der Waals surface area contributed by atoms with E-state index in [2.05, 4.69) is 0 Å². The number of carbonyl (C=O) groups excluding carboxylic acids is 4. The van der Waals surface area contributed by atoms with E-state index in [9.17, 15) is 19.2 Å². The summed E-state index contributed by atoms with van der Waals surface area (Å²) in [5.74, 6) is -2.44. The molecule has 0 aliphatic carbocycles. The first-order valence-corrected chi connectivity index (χ1v) is 7.75. The van der Waals surface area contributed by atoms with Crippen molar-refractivity contribution in [2.75, 3.05) is 13.2 Å². The second-order valence-electron chi connectivity index (χ2n) is 5.31. The number of Topliss-reactive ketones (excluding diaryl/α,β-unsaturated/α-hetero) is 1. The van der Waals surface area contributed by atoms with Crippen LogP contribution in [0.5, 0.6) is 0 Å². The molecular weight excluding hydrogens is 346 g/mol. The molecule has 2 aromatic carbocycles. The summed E-state index contributed by atoms with van der Waals surface area (Å²) in [6.07, 6.45) is 0. The van der Waals surface area contributed by atoms with Crippen LogP contribution in [0.25, 0.3) is 0 Å². The Balaban J connectivity index is 1.61. The first-order valence-electron chi connectivity index (χ1n) is 7.37. The zero-order valence-electron chi connectivity index (χ0n) is 12.9. The van der Waals surface area contributed by atoms with E-state index >= 15 is 0 Å². The first-order chi connectivity index (χ1) is 12.0. The van der Waals surface area contributed by atoms with Crippen LogP contribution in [0, 0.1) is 0 Å². The molecule has 6 nitrogen and oxygen atoms in total. The van der Waals surface area contributed by atoms with Gasteiger partial charge >= 0.3 is 5.97 Å². The van der Waals surface area contributed by atoms with Crippen LogP contribution in [0.1, 0.15) is 31.1 Å². The maximum Gasteiger partial charge on any atom is 0.326 e. The first kappa shape index (κ1) is 16.9. The number of esters is 1. The monoisotopic (exact) mass is 357 g/mol. The maximum atomic E-state index is 12.2. The van der Waals surface area contributed by atoms with E-state index in [0.717, 1.165) is 4.90 Å². The van der Waals surface area contributed by atoms with Gasteiger partial charge in [0.15, 0.2) is 6.61 Å². The number of hydrogen-bond donors (Lipinski definition) is 0. The van der Waals surface area contributed by atoms with Crippen LogP contribution in [-0.4, -0.2) is 41.6 Å². The molecule has 0 saturated carbocycles. The number of amides is 2. The number of imide groups is 1. The average Bonchev–Trinajstić information content (AvgIpc) is 2.85. The SMILES string of the molecule is O=C(CN1C(=O)c2ccccc2C1=O)OCC(=O)c1ccccc1Cl. The predicted octanol–water partition coefficient (Wildman–Crippen LogP) is 2.36. The van der Waals surface area contributed by atoms with Crippen LogP contribution in [-0.2, 0) is 9.53 Å². The summed E-state index contributed by atoms with van der Waals surface area (Å²) in [7, 11) is 0. The quantitative estimate of drug-likeness (QED) is 0.466. The molecule has 1 aliphatic heterocycles. The second kappa shape index (κ2) is 6.86. The van der Waals surface area contributed by atoms with Crippen LogP contribution in [0.4, 0.5) is 0 Å². The summed E-state index contributed by atoms with van der Waals surface area (Å²) in [6.45, 7) is -1.08. The van der Waals surface area contributed by atoms with Crippen molar-refractivity contribution in [1.82, 2.24) is 4.90 Å². The van der Waals surface area contributed by atoms with Crippen molar-refractivity contribution in [3.63, 3.8) is 0 Å². The second-order valence-corrected chi connectivity index (χ2v) is 5.71. The lowest BCUT2D eigenvalue weighted by Crippen LogP contribution is -2.36. The standard InChI is InChI=1S/C18H12ClNO5/c19-14-8-4-3-7-13(14)15(21)10-25-16(22)9-20-17(23)11-5-1-2-6-12(11)18(20)24/h1-8H,9-10H2. The van der Waals surface area contributed by atoms with Gasteiger partial charge in [-0.15, -0.1) is 0 Å². The number of benzene rings is 2. The van der Waals surface area contributed by atoms with Gasteiger partial charge in [-0.1, -0.05) is 35.9 Å². The molecule has 0 radical (unpaired) electrons. The van der Waals surface area contributed by atoms with Crippen LogP contribution in [0.3, 0.4) is 0 Å². The molecule has 1 aliphatic rings. The Hall–Kier alpha value is -2.99. The van der Waals surface area contributed by atoms with Crippen molar-refractivity contribution in [1.29, 1.82) is 0 Å². The van der Waals surface area contributed by atoms with Gasteiger partial charge in [0.2, 0.25) is 5.78 Å². The Labute approximate surface area is 147 Å². The number of rotatable bonds is 5. The number of ether oxygens (including phenoxy) is 1. The van der Waals surface area contributed by atoms with Gasteiger partial charge in [-0.2, -0.15) is 0 Å². The van der Waals surface area contributed by atoms with Crippen molar-refractivity contribution >= 4 is 35.2 Å². The van der Waals surface area contributed by atoms with Crippen LogP contribution < -0.4 is 0 Å². The summed E-state index contributed by atoms with van der Waals surface area (Å²) in [4.78, 5) is 49.0. The number of fused-ring (bicyclic) bond motifs is 1. The minimum atomic E-state index is -0.852. The van der Waals surface area contributed by atoms with E-state index in [4.69, 9.17) is 16.3 Å². The Morgan fingerprint density at radius 2 is 1.48 bits per heavy atom. The topological polar surface area (TPSA) is 80.8 Å². The lowest BCUT2D eigenvalue weighted by Gasteiger charge is -2.13. The van der Waals surface area contributed by atoms with E-state index in [1.54, 1.807) is 30.3 Å². The van der Waals surface area contributed by atoms with Crippen LogP contribution >= 0.6 is 11.6 Å². The Morgan fingerprint density at radius 1 is 0.920 bits per heavy atom. The van der Waals surface area contributed by atoms with Gasteiger partial charge in [-0.25, -0.2) is 0 Å². The summed E-state index contributed by atoms with van der Waals surface area (Å²) in [6, 6.07) is 12.7. The Morgan fingerprint density at radius 3 is 2.08 bits per heavy atom. The van der Waals surface area contributed by atoms with E-state index in [0.29, 0.717) is 0 Å². The zero-order valence-corrected chi connectivity index (χ0v) is 13.7. The third-order valence-electron chi connectivity index (χ3n) is 3.70. The molecule has 1 heterocycles. The molecule has 0 N–H and O–H groups in total. The summed E-state index contributed by atoms with van der Waals surface area (Å²) in [5.41, 5.74) is 0.720. The highest BCUT2D eigenvalue weighted by molar-refractivity contribution is 6.34. The molecule has 0 saturated heterocycles. The van der Waals surface area contributed by atoms with Gasteiger partial charge in [-0.3, -0.25) is 24.1 Å². The largest absolute Gasteiger partial charge is 0.456 e. The number of carbonyl (C=O) groups is 4. The molecule has 7 heteroatoms. The fourth-order valence-corrected chi connectivity index (χ4v) is 2.71. The molecule has 0 aromatic heterocycles. The van der Waals surface area contributed by atoms with Gasteiger partial charge in [0, 0.05) is 5.56 Å². The van der Waals surface area contributed by atoms with E-state index in [-0.39, 0.29) is 21.7 Å². The molecule has 126 valence electrons. The molecule has 3 rings (SSSR count). The lowest BCUT2D eigenvalue weighted by atomic mass is 10.1. The highest BCUT2D eigenvalue weighted by Gasteiger charge is 2.36. The molecular formula is C18H12ClNO5. The van der Waals surface area contributed by atoms with Crippen LogP contribution in [0.2, 0.25) is 5.02 Å². The third kappa shape index (κ3) is 3.29. The highest BCUT2D eigenvalue weighted by Crippen LogP contribution is 2.22. The van der Waals surface area contributed by atoms with E-state index in [1.165, 1.54) is 18.2 Å².